The van der Waals surface area contributed by atoms with Crippen molar-refractivity contribution in [3.05, 3.63) is 0 Å². The van der Waals surface area contributed by atoms with Crippen LogP contribution in [0.15, 0.2) is 0 Å². The first-order chi connectivity index (χ1) is 5.70. The molecule has 0 aromatic rings. The molecule has 0 aromatic heterocycles. The summed E-state index contributed by atoms with van der Waals surface area (Å²) in [6.45, 7) is 5.95. The van der Waals surface area contributed by atoms with E-state index in [2.05, 4.69) is 26.2 Å². The molecule has 0 spiro atoms. The highest BCUT2D eigenvalue weighted by atomic mass is 14.8. The summed E-state index contributed by atoms with van der Waals surface area (Å²) in [4.78, 5) is 0. The third-order valence-corrected chi connectivity index (χ3v) is 3.49. The lowest BCUT2D eigenvalue weighted by Crippen LogP contribution is -2.33. The molecule has 1 rings (SSSR count). The zero-order chi connectivity index (χ0) is 9.03. The van der Waals surface area contributed by atoms with Crippen LogP contribution in [0.5, 0.6) is 0 Å². The highest BCUT2D eigenvalue weighted by Gasteiger charge is 2.29. The monoisotopic (exact) mass is 169 g/mol. The van der Waals surface area contributed by atoms with Gasteiger partial charge in [0, 0.05) is 6.54 Å². The minimum absolute atomic E-state index is 0.598. The molecule has 1 fully saturated rings. The summed E-state index contributed by atoms with van der Waals surface area (Å²) in [5, 5.41) is 3.31. The van der Waals surface area contributed by atoms with Gasteiger partial charge in [0.15, 0.2) is 0 Å². The van der Waals surface area contributed by atoms with Gasteiger partial charge in [-0.15, -0.1) is 0 Å². The SMILES string of the molecule is CCC1CCC(C)(CNC)CC1. The Kier molecular flexibility index (Phi) is 3.57. The molecule has 0 bridgehead atoms. The summed E-state index contributed by atoms with van der Waals surface area (Å²) in [7, 11) is 2.07. The summed E-state index contributed by atoms with van der Waals surface area (Å²) in [6, 6.07) is 0. The maximum absolute atomic E-state index is 3.31. The van der Waals surface area contributed by atoms with Crippen molar-refractivity contribution < 1.29 is 0 Å². The van der Waals surface area contributed by atoms with E-state index in [9.17, 15) is 0 Å². The Labute approximate surface area is 76.9 Å². The van der Waals surface area contributed by atoms with Gasteiger partial charge in [-0.3, -0.25) is 0 Å². The van der Waals surface area contributed by atoms with Crippen LogP contribution in [0.2, 0.25) is 0 Å². The van der Waals surface area contributed by atoms with Crippen LogP contribution in [-0.4, -0.2) is 13.6 Å². The smallest absolute Gasteiger partial charge is 0.000216 e. The van der Waals surface area contributed by atoms with Gasteiger partial charge >= 0.3 is 0 Å². The molecule has 1 N–H and O–H groups in total. The van der Waals surface area contributed by atoms with Gasteiger partial charge in [0.25, 0.3) is 0 Å². The van der Waals surface area contributed by atoms with Gasteiger partial charge in [-0.1, -0.05) is 20.3 Å². The van der Waals surface area contributed by atoms with E-state index in [-0.39, 0.29) is 0 Å². The summed E-state index contributed by atoms with van der Waals surface area (Å²) >= 11 is 0. The lowest BCUT2D eigenvalue weighted by Gasteiger charge is -2.37. The zero-order valence-electron chi connectivity index (χ0n) is 8.82. The largest absolute Gasteiger partial charge is 0.319 e. The summed E-state index contributed by atoms with van der Waals surface area (Å²) in [5.41, 5.74) is 0.598. The van der Waals surface area contributed by atoms with Crippen molar-refractivity contribution in [1.29, 1.82) is 0 Å². The Bertz CT molecular complexity index is 123. The Morgan fingerprint density at radius 1 is 1.33 bits per heavy atom. The second-order valence-electron chi connectivity index (χ2n) is 4.69. The highest BCUT2D eigenvalue weighted by molar-refractivity contribution is 4.82. The summed E-state index contributed by atoms with van der Waals surface area (Å²) in [6.07, 6.45) is 7.14. The molecule has 1 heteroatoms. The highest BCUT2D eigenvalue weighted by Crippen LogP contribution is 2.38. The number of hydrogen-bond donors (Lipinski definition) is 1. The maximum atomic E-state index is 3.31. The van der Waals surface area contributed by atoms with Crippen LogP contribution >= 0.6 is 0 Å². The molecule has 0 amide bonds. The molecule has 0 unspecified atom stereocenters. The molecule has 1 nitrogen and oxygen atoms in total. The van der Waals surface area contributed by atoms with E-state index < -0.39 is 0 Å². The van der Waals surface area contributed by atoms with Gasteiger partial charge in [-0.25, -0.2) is 0 Å². The lowest BCUT2D eigenvalue weighted by molar-refractivity contribution is 0.166. The number of hydrogen-bond acceptors (Lipinski definition) is 1. The van der Waals surface area contributed by atoms with Gasteiger partial charge in [-0.2, -0.15) is 0 Å². The fourth-order valence-electron chi connectivity index (χ4n) is 2.39. The normalized spacial score (nSPS) is 36.8. The van der Waals surface area contributed by atoms with Crippen molar-refractivity contribution in [2.75, 3.05) is 13.6 Å². The van der Waals surface area contributed by atoms with Crippen LogP contribution in [0.3, 0.4) is 0 Å². The molecule has 0 aromatic carbocycles. The van der Waals surface area contributed by atoms with Crippen LogP contribution < -0.4 is 5.32 Å². The lowest BCUT2D eigenvalue weighted by atomic mass is 9.71. The minimum atomic E-state index is 0.598. The average molecular weight is 169 g/mol. The van der Waals surface area contributed by atoms with Crippen LogP contribution in [0.1, 0.15) is 46.0 Å². The molecular weight excluding hydrogens is 146 g/mol. The molecule has 0 atom stereocenters. The quantitative estimate of drug-likeness (QED) is 0.685. The topological polar surface area (TPSA) is 12.0 Å². The molecule has 12 heavy (non-hydrogen) atoms. The van der Waals surface area contributed by atoms with E-state index in [4.69, 9.17) is 0 Å². The molecular formula is C11H23N. The molecule has 72 valence electrons. The first-order valence-electron chi connectivity index (χ1n) is 5.35. The fraction of sp³-hybridized carbons (Fsp3) is 1.00. The van der Waals surface area contributed by atoms with E-state index >= 15 is 0 Å². The zero-order valence-corrected chi connectivity index (χ0v) is 8.82. The van der Waals surface area contributed by atoms with Crippen LogP contribution in [0, 0.1) is 11.3 Å². The van der Waals surface area contributed by atoms with Crippen molar-refractivity contribution >= 4 is 0 Å². The number of rotatable bonds is 3. The second-order valence-corrected chi connectivity index (χ2v) is 4.69. The first kappa shape index (κ1) is 10.0. The van der Waals surface area contributed by atoms with E-state index in [1.54, 1.807) is 0 Å². The molecule has 1 aliphatic rings. The Hall–Kier alpha value is -0.0400. The molecule has 0 saturated heterocycles. The molecule has 0 aliphatic heterocycles. The van der Waals surface area contributed by atoms with Crippen molar-refractivity contribution in [2.24, 2.45) is 11.3 Å². The van der Waals surface area contributed by atoms with Gasteiger partial charge < -0.3 is 5.32 Å². The third kappa shape index (κ3) is 2.48. The van der Waals surface area contributed by atoms with Crippen LogP contribution in [0.4, 0.5) is 0 Å². The third-order valence-electron chi connectivity index (χ3n) is 3.49. The maximum Gasteiger partial charge on any atom is 0.000216 e. The van der Waals surface area contributed by atoms with E-state index in [1.807, 2.05) is 0 Å². The Morgan fingerprint density at radius 3 is 2.33 bits per heavy atom. The first-order valence-corrected chi connectivity index (χ1v) is 5.35. The fourth-order valence-corrected chi connectivity index (χ4v) is 2.39. The molecule has 1 saturated carbocycles. The summed E-state index contributed by atoms with van der Waals surface area (Å²) in [5.74, 6) is 1.02. The summed E-state index contributed by atoms with van der Waals surface area (Å²) < 4.78 is 0. The van der Waals surface area contributed by atoms with Crippen molar-refractivity contribution in [3.8, 4) is 0 Å². The van der Waals surface area contributed by atoms with Gasteiger partial charge in [-0.05, 0) is 44.1 Å². The molecule has 0 heterocycles. The minimum Gasteiger partial charge on any atom is -0.319 e. The van der Waals surface area contributed by atoms with Gasteiger partial charge in [0.1, 0.15) is 0 Å². The van der Waals surface area contributed by atoms with Crippen LogP contribution in [0.25, 0.3) is 0 Å². The predicted molar refractivity (Wildman–Crippen MR) is 54.3 cm³/mol. The molecule has 0 radical (unpaired) electrons. The predicted octanol–water partition coefficient (Wildman–Crippen LogP) is 2.81. The Balaban J connectivity index is 2.33. The van der Waals surface area contributed by atoms with Crippen LogP contribution in [-0.2, 0) is 0 Å². The van der Waals surface area contributed by atoms with E-state index in [0.29, 0.717) is 5.41 Å². The average Bonchev–Trinajstić information content (AvgIpc) is 2.06. The standard InChI is InChI=1S/C11H23N/c1-4-10-5-7-11(2,8-6-10)9-12-3/h10,12H,4-9H2,1-3H3. The molecule has 1 aliphatic carbocycles. The van der Waals surface area contributed by atoms with E-state index in [1.165, 1.54) is 38.6 Å². The second kappa shape index (κ2) is 4.27. The van der Waals surface area contributed by atoms with Crippen molar-refractivity contribution in [3.63, 3.8) is 0 Å². The van der Waals surface area contributed by atoms with Gasteiger partial charge in [0.05, 0.1) is 0 Å². The van der Waals surface area contributed by atoms with Crippen molar-refractivity contribution in [1.82, 2.24) is 5.32 Å². The van der Waals surface area contributed by atoms with Gasteiger partial charge in [0.2, 0.25) is 0 Å². The van der Waals surface area contributed by atoms with E-state index in [0.717, 1.165) is 5.92 Å². The Morgan fingerprint density at radius 2 is 1.92 bits per heavy atom. The van der Waals surface area contributed by atoms with Crippen molar-refractivity contribution in [2.45, 2.75) is 46.0 Å². The number of nitrogens with one attached hydrogen (secondary N) is 1.